The van der Waals surface area contributed by atoms with Gasteiger partial charge >= 0.3 is 6.18 Å². The molecule has 0 saturated carbocycles. The summed E-state index contributed by atoms with van der Waals surface area (Å²) in [5, 5.41) is 10.8. The maximum Gasteiger partial charge on any atom is 0.411 e. The van der Waals surface area contributed by atoms with Crippen LogP contribution in [-0.4, -0.2) is 74.8 Å². The van der Waals surface area contributed by atoms with E-state index in [0.29, 0.717) is 34.7 Å². The molecule has 13 heteroatoms. The van der Waals surface area contributed by atoms with Gasteiger partial charge in [0.15, 0.2) is 5.82 Å². The number of nitrogens with zero attached hydrogens (tertiary/aromatic N) is 7. The molecule has 10 nitrogen and oxygen atoms in total. The fourth-order valence-corrected chi connectivity index (χ4v) is 3.32. The summed E-state index contributed by atoms with van der Waals surface area (Å²) in [5.74, 6) is 1.53. The van der Waals surface area contributed by atoms with Gasteiger partial charge in [-0.25, -0.2) is 15.0 Å². The zero-order valence-corrected chi connectivity index (χ0v) is 16.8. The average Bonchev–Trinajstić information content (AvgIpc) is 3.15. The lowest BCUT2D eigenvalue weighted by Gasteiger charge is -2.32. The van der Waals surface area contributed by atoms with Crippen LogP contribution in [0.5, 0.6) is 0 Å². The molecule has 1 fully saturated rings. The number of rotatable bonds is 7. The molecule has 0 spiro atoms. The fraction of sp³-hybridized carbons (Fsp3) is 0.500. The Morgan fingerprint density at radius 2 is 2.19 bits per heavy atom. The molecule has 0 aromatic carbocycles. The molecule has 1 atom stereocenters. The van der Waals surface area contributed by atoms with Crippen molar-refractivity contribution in [1.29, 1.82) is 0 Å². The van der Waals surface area contributed by atoms with Crippen molar-refractivity contribution in [1.82, 2.24) is 35.0 Å². The summed E-state index contributed by atoms with van der Waals surface area (Å²) < 4.78 is 43.2. The Morgan fingerprint density at radius 3 is 2.94 bits per heavy atom. The van der Waals surface area contributed by atoms with Gasteiger partial charge in [-0.15, -0.1) is 0 Å². The zero-order valence-electron chi connectivity index (χ0n) is 16.8. The number of hydrogen-bond acceptors (Lipinski definition) is 9. The number of piperazine rings is 1. The number of halogens is 3. The lowest BCUT2D eigenvalue weighted by Crippen LogP contribution is -2.49. The van der Waals surface area contributed by atoms with Crippen molar-refractivity contribution >= 4 is 28.6 Å². The van der Waals surface area contributed by atoms with E-state index in [9.17, 15) is 13.2 Å². The van der Waals surface area contributed by atoms with Crippen molar-refractivity contribution < 1.29 is 17.9 Å². The highest BCUT2D eigenvalue weighted by Crippen LogP contribution is 2.26. The van der Waals surface area contributed by atoms with Crippen LogP contribution in [0, 0.1) is 0 Å². The predicted octanol–water partition coefficient (Wildman–Crippen LogP) is 1.74. The molecule has 2 N–H and O–H groups in total. The summed E-state index contributed by atoms with van der Waals surface area (Å²) in [4.78, 5) is 19.5. The molecule has 1 aliphatic heterocycles. The highest BCUT2D eigenvalue weighted by Gasteiger charge is 2.27. The Kier molecular flexibility index (Phi) is 6.13. The Bertz CT molecular complexity index is 1010. The van der Waals surface area contributed by atoms with Crippen molar-refractivity contribution in [2.45, 2.75) is 25.7 Å². The first-order valence-electron chi connectivity index (χ1n) is 9.78. The van der Waals surface area contributed by atoms with E-state index in [1.165, 1.54) is 11.0 Å². The maximum absolute atomic E-state index is 12.3. The third-order valence-corrected chi connectivity index (χ3v) is 4.67. The molecule has 3 aromatic rings. The van der Waals surface area contributed by atoms with E-state index < -0.39 is 12.8 Å². The van der Waals surface area contributed by atoms with Crippen molar-refractivity contribution in [3.8, 4) is 0 Å². The smallest absolute Gasteiger partial charge is 0.370 e. The largest absolute Gasteiger partial charge is 0.411 e. The van der Waals surface area contributed by atoms with Gasteiger partial charge in [0.2, 0.25) is 5.95 Å². The summed E-state index contributed by atoms with van der Waals surface area (Å²) in [7, 11) is 0. The second kappa shape index (κ2) is 8.98. The first kappa shape index (κ1) is 21.2. The predicted molar refractivity (Wildman–Crippen MR) is 107 cm³/mol. The maximum atomic E-state index is 12.3. The van der Waals surface area contributed by atoms with E-state index in [0.717, 1.165) is 19.6 Å². The van der Waals surface area contributed by atoms with Gasteiger partial charge in [-0.1, -0.05) is 0 Å². The number of alkyl halides is 3. The van der Waals surface area contributed by atoms with Crippen LogP contribution in [-0.2, 0) is 11.3 Å². The highest BCUT2D eigenvalue weighted by atomic mass is 19.4. The zero-order chi connectivity index (χ0) is 21.8. The topological polar surface area (TPSA) is 106 Å². The van der Waals surface area contributed by atoms with E-state index in [1.54, 1.807) is 18.5 Å². The standard InChI is InChI=1S/C18H22F3N9O/c1-12-9-29(5-4-23-12)17-26-13-8-25-30(6-7-31-10-18(19,20)21)15(13)16(28-17)27-14-2-3-22-11-24-14/h2-3,8,11-12,23H,4-7,9-10H2,1H3,(H,22,24,26,27,28)/t12-/m0/s1. The van der Waals surface area contributed by atoms with Crippen LogP contribution >= 0.6 is 0 Å². The van der Waals surface area contributed by atoms with Crippen molar-refractivity contribution in [2.24, 2.45) is 0 Å². The Morgan fingerprint density at radius 1 is 1.32 bits per heavy atom. The van der Waals surface area contributed by atoms with E-state index in [2.05, 4.69) is 47.5 Å². The number of aromatic nitrogens is 6. The van der Waals surface area contributed by atoms with Gasteiger partial charge in [0, 0.05) is 31.9 Å². The van der Waals surface area contributed by atoms with Gasteiger partial charge in [-0.3, -0.25) is 4.68 Å². The van der Waals surface area contributed by atoms with E-state index >= 15 is 0 Å². The third-order valence-electron chi connectivity index (χ3n) is 4.67. The van der Waals surface area contributed by atoms with Gasteiger partial charge in [0.25, 0.3) is 0 Å². The highest BCUT2D eigenvalue weighted by molar-refractivity contribution is 5.88. The molecule has 1 saturated heterocycles. The number of ether oxygens (including phenoxy) is 1. The minimum atomic E-state index is -4.37. The summed E-state index contributed by atoms with van der Waals surface area (Å²) in [5.41, 5.74) is 1.13. The average molecular weight is 437 g/mol. The van der Waals surface area contributed by atoms with Crippen molar-refractivity contribution in [3.05, 3.63) is 24.8 Å². The summed E-state index contributed by atoms with van der Waals surface area (Å²) in [6, 6.07) is 1.98. The van der Waals surface area contributed by atoms with Crippen LogP contribution in [0.1, 0.15) is 6.92 Å². The molecular weight excluding hydrogens is 415 g/mol. The molecule has 0 amide bonds. The van der Waals surface area contributed by atoms with Crippen LogP contribution in [0.25, 0.3) is 11.0 Å². The van der Waals surface area contributed by atoms with Crippen LogP contribution in [0.4, 0.5) is 30.8 Å². The van der Waals surface area contributed by atoms with Crippen molar-refractivity contribution in [2.75, 3.05) is 43.1 Å². The van der Waals surface area contributed by atoms with Crippen LogP contribution in [0.15, 0.2) is 24.8 Å². The van der Waals surface area contributed by atoms with Crippen LogP contribution < -0.4 is 15.5 Å². The summed E-state index contributed by atoms with van der Waals surface area (Å²) in [6.45, 7) is 3.06. The third kappa shape index (κ3) is 5.35. The Labute approximate surface area is 175 Å². The first-order valence-corrected chi connectivity index (χ1v) is 9.78. The molecule has 0 aliphatic carbocycles. The van der Waals surface area contributed by atoms with E-state index in [4.69, 9.17) is 4.74 Å². The summed E-state index contributed by atoms with van der Waals surface area (Å²) >= 11 is 0. The molecule has 4 heterocycles. The SMILES string of the molecule is C[C@H]1CN(c2nc(Nc3ccncn3)c3c(cnn3CCOCC(F)(F)F)n2)CCN1. The van der Waals surface area contributed by atoms with Crippen LogP contribution in [0.3, 0.4) is 0 Å². The number of hydrogen-bond donors (Lipinski definition) is 2. The summed E-state index contributed by atoms with van der Waals surface area (Å²) in [6.07, 6.45) is 0.197. The van der Waals surface area contributed by atoms with Crippen LogP contribution in [0.2, 0.25) is 0 Å². The fourth-order valence-electron chi connectivity index (χ4n) is 3.32. The normalized spacial score (nSPS) is 17.3. The molecule has 0 unspecified atom stereocenters. The molecule has 1 aliphatic rings. The van der Waals surface area contributed by atoms with Gasteiger partial charge in [0.05, 0.1) is 19.3 Å². The second-order valence-corrected chi connectivity index (χ2v) is 7.16. The minimum Gasteiger partial charge on any atom is -0.370 e. The minimum absolute atomic E-state index is 0.116. The Balaban J connectivity index is 1.63. The molecular formula is C18H22F3N9O. The molecule has 3 aromatic heterocycles. The quantitative estimate of drug-likeness (QED) is 0.535. The van der Waals surface area contributed by atoms with Gasteiger partial charge < -0.3 is 20.3 Å². The molecule has 4 rings (SSSR count). The number of fused-ring (bicyclic) bond motifs is 1. The van der Waals surface area contributed by atoms with Gasteiger partial charge in [-0.2, -0.15) is 23.3 Å². The first-order chi connectivity index (χ1) is 14.9. The molecule has 0 radical (unpaired) electrons. The lowest BCUT2D eigenvalue weighted by atomic mass is 10.2. The molecule has 166 valence electrons. The number of anilines is 3. The monoisotopic (exact) mass is 437 g/mol. The van der Waals surface area contributed by atoms with E-state index in [1.807, 2.05) is 0 Å². The van der Waals surface area contributed by atoms with Crippen molar-refractivity contribution in [3.63, 3.8) is 0 Å². The lowest BCUT2D eigenvalue weighted by molar-refractivity contribution is -0.174. The van der Waals surface area contributed by atoms with E-state index in [-0.39, 0.29) is 13.2 Å². The number of nitrogens with one attached hydrogen (secondary N) is 2. The van der Waals surface area contributed by atoms with Gasteiger partial charge in [-0.05, 0) is 13.0 Å². The van der Waals surface area contributed by atoms with Gasteiger partial charge in [0.1, 0.15) is 29.8 Å². The Hall–Kier alpha value is -3.06. The molecule has 31 heavy (non-hydrogen) atoms. The second-order valence-electron chi connectivity index (χ2n) is 7.16. The molecule has 0 bridgehead atoms.